The molecule has 3 heterocycles. The Morgan fingerprint density at radius 3 is 2.41 bits per heavy atom. The fourth-order valence-electron chi connectivity index (χ4n) is 5.09. The summed E-state index contributed by atoms with van der Waals surface area (Å²) in [6.07, 6.45) is 3.17. The average molecular weight is 485 g/mol. The second kappa shape index (κ2) is 8.39. The summed E-state index contributed by atoms with van der Waals surface area (Å²) in [5.41, 5.74) is 4.19. The number of carbonyl (C=O) groups excluding carboxylic acids is 2. The molecule has 8 nitrogen and oxygen atoms in total. The van der Waals surface area contributed by atoms with Crippen molar-refractivity contribution in [2.24, 2.45) is 0 Å². The van der Waals surface area contributed by atoms with Gasteiger partial charge in [-0.25, -0.2) is 18.0 Å². The van der Waals surface area contributed by atoms with Gasteiger partial charge >= 0.3 is 12.1 Å². The van der Waals surface area contributed by atoms with Crippen molar-refractivity contribution in [1.29, 1.82) is 0 Å². The zero-order chi connectivity index (χ0) is 24.1. The van der Waals surface area contributed by atoms with Crippen molar-refractivity contribution in [3.63, 3.8) is 0 Å². The molecule has 0 atom stereocenters. The van der Waals surface area contributed by atoms with Crippen LogP contribution in [0.1, 0.15) is 39.9 Å². The molecule has 3 aliphatic rings. The van der Waals surface area contributed by atoms with Gasteiger partial charge in [0.1, 0.15) is 12.2 Å². The predicted molar refractivity (Wildman–Crippen MR) is 126 cm³/mol. The lowest BCUT2D eigenvalue weighted by Gasteiger charge is -2.37. The monoisotopic (exact) mass is 484 g/mol. The molecule has 2 fully saturated rings. The first-order chi connectivity index (χ1) is 16.2. The molecule has 0 aromatic heterocycles. The molecule has 1 amide bonds. The van der Waals surface area contributed by atoms with Crippen molar-refractivity contribution >= 4 is 27.6 Å². The molecule has 1 spiro atoms. The molecular weight excluding hydrogens is 456 g/mol. The number of fused-ring (bicyclic) bond motifs is 1. The smallest absolute Gasteiger partial charge is 0.415 e. The van der Waals surface area contributed by atoms with Gasteiger partial charge in [-0.2, -0.15) is 0 Å². The van der Waals surface area contributed by atoms with E-state index in [2.05, 4.69) is 11.8 Å². The lowest BCUT2D eigenvalue weighted by atomic mass is 9.90. The Hall–Kier alpha value is -2.91. The van der Waals surface area contributed by atoms with Gasteiger partial charge in [0.05, 0.1) is 17.0 Å². The topological polar surface area (TPSA) is 93.2 Å². The maximum absolute atomic E-state index is 12.6. The molecule has 0 bridgehead atoms. The van der Waals surface area contributed by atoms with Gasteiger partial charge in [0.2, 0.25) is 0 Å². The first-order valence-corrected chi connectivity index (χ1v) is 13.4. The minimum Gasteiger partial charge on any atom is -0.457 e. The largest absolute Gasteiger partial charge is 0.457 e. The summed E-state index contributed by atoms with van der Waals surface area (Å²) in [6, 6.07) is 10.3. The summed E-state index contributed by atoms with van der Waals surface area (Å²) >= 11 is 0. The number of amides is 1. The van der Waals surface area contributed by atoms with Crippen molar-refractivity contribution in [2.75, 3.05) is 37.3 Å². The fourth-order valence-corrected chi connectivity index (χ4v) is 5.72. The van der Waals surface area contributed by atoms with Gasteiger partial charge in [0.15, 0.2) is 9.84 Å². The number of benzene rings is 2. The van der Waals surface area contributed by atoms with Crippen molar-refractivity contribution in [3.8, 4) is 0 Å². The molecule has 0 unspecified atom stereocenters. The van der Waals surface area contributed by atoms with Gasteiger partial charge < -0.3 is 14.4 Å². The Balaban J connectivity index is 1.18. The number of cyclic esters (lactones) is 1. The van der Waals surface area contributed by atoms with Gasteiger partial charge in [0, 0.05) is 50.0 Å². The zero-order valence-corrected chi connectivity index (χ0v) is 20.2. The minimum atomic E-state index is -3.29. The SMILES string of the molecule is Cc1c(CCN2CCC3(CC2)CN(c2ccc(S(C)(=O)=O)cc2)C(=O)O3)ccc2c1COC2=O. The van der Waals surface area contributed by atoms with Crippen molar-refractivity contribution < 1.29 is 27.5 Å². The van der Waals surface area contributed by atoms with Gasteiger partial charge in [0.25, 0.3) is 0 Å². The van der Waals surface area contributed by atoms with Crippen LogP contribution in [0.25, 0.3) is 0 Å². The van der Waals surface area contributed by atoms with Crippen LogP contribution in [0, 0.1) is 6.92 Å². The third-order valence-electron chi connectivity index (χ3n) is 7.29. The molecule has 9 heteroatoms. The highest BCUT2D eigenvalue weighted by molar-refractivity contribution is 7.90. The molecule has 3 aliphatic heterocycles. The third-order valence-corrected chi connectivity index (χ3v) is 8.42. The van der Waals surface area contributed by atoms with Crippen molar-refractivity contribution in [2.45, 2.75) is 43.3 Å². The highest BCUT2D eigenvalue weighted by Gasteiger charge is 2.47. The van der Waals surface area contributed by atoms with E-state index >= 15 is 0 Å². The number of esters is 1. The number of piperidine rings is 1. The maximum Gasteiger partial charge on any atom is 0.415 e. The number of sulfone groups is 1. The number of likely N-dealkylation sites (tertiary alicyclic amines) is 1. The van der Waals surface area contributed by atoms with Crippen LogP contribution in [0.15, 0.2) is 41.3 Å². The zero-order valence-electron chi connectivity index (χ0n) is 19.4. The summed E-state index contributed by atoms with van der Waals surface area (Å²) < 4.78 is 34.4. The van der Waals surface area contributed by atoms with Crippen molar-refractivity contribution in [1.82, 2.24) is 4.90 Å². The Morgan fingerprint density at radius 2 is 1.74 bits per heavy atom. The summed E-state index contributed by atoms with van der Waals surface area (Å²) in [5.74, 6) is -0.238. The number of ether oxygens (including phenoxy) is 2. The lowest BCUT2D eigenvalue weighted by molar-refractivity contribution is 0.00125. The number of hydrogen-bond donors (Lipinski definition) is 0. The molecule has 5 rings (SSSR count). The van der Waals surface area contributed by atoms with E-state index in [-0.39, 0.29) is 17.0 Å². The highest BCUT2D eigenvalue weighted by Crippen LogP contribution is 2.36. The first-order valence-electron chi connectivity index (χ1n) is 11.5. The Bertz CT molecular complexity index is 1250. The number of rotatable bonds is 5. The molecule has 0 saturated carbocycles. The number of anilines is 1. The van der Waals surface area contributed by atoms with E-state index in [1.165, 1.54) is 17.7 Å². The van der Waals surface area contributed by atoms with Crippen LogP contribution in [-0.2, 0) is 32.3 Å². The van der Waals surface area contributed by atoms with Crippen LogP contribution >= 0.6 is 0 Å². The maximum atomic E-state index is 12.6. The molecule has 0 aliphatic carbocycles. The molecule has 0 N–H and O–H groups in total. The summed E-state index contributed by atoms with van der Waals surface area (Å²) in [7, 11) is -3.29. The van der Waals surface area contributed by atoms with E-state index in [0.29, 0.717) is 24.4 Å². The van der Waals surface area contributed by atoms with E-state index in [1.807, 2.05) is 12.1 Å². The van der Waals surface area contributed by atoms with E-state index in [1.54, 1.807) is 17.0 Å². The standard InChI is InChI=1S/C25H28N2O6S/c1-17-18(3-8-21-22(17)15-32-23(21)28)9-12-26-13-10-25(11-14-26)16-27(24(29)33-25)19-4-6-20(7-5-19)34(2,30)31/h3-8H,9-16H2,1-2H3. The van der Waals surface area contributed by atoms with Crippen LogP contribution in [0.4, 0.5) is 10.5 Å². The highest BCUT2D eigenvalue weighted by atomic mass is 32.2. The number of nitrogens with zero attached hydrogens (tertiary/aromatic N) is 2. The van der Waals surface area contributed by atoms with Gasteiger partial charge in [-0.3, -0.25) is 4.90 Å². The van der Waals surface area contributed by atoms with Gasteiger partial charge in [-0.15, -0.1) is 0 Å². The molecule has 2 saturated heterocycles. The van der Waals surface area contributed by atoms with E-state index in [4.69, 9.17) is 9.47 Å². The third kappa shape index (κ3) is 4.18. The number of hydrogen-bond acceptors (Lipinski definition) is 7. The summed E-state index contributed by atoms with van der Waals surface area (Å²) in [6.45, 7) is 5.44. The Labute approximate surface area is 199 Å². The van der Waals surface area contributed by atoms with Gasteiger partial charge in [-0.05, 0) is 54.8 Å². The molecule has 2 aromatic rings. The normalized spacial score (nSPS) is 19.9. The van der Waals surface area contributed by atoms with E-state index in [9.17, 15) is 18.0 Å². The van der Waals surface area contributed by atoms with Gasteiger partial charge in [-0.1, -0.05) is 6.07 Å². The number of carbonyl (C=O) groups is 2. The quantitative estimate of drug-likeness (QED) is 0.602. The first kappa shape index (κ1) is 22.9. The summed E-state index contributed by atoms with van der Waals surface area (Å²) in [5, 5.41) is 0. The molecular formula is C25H28N2O6S. The second-order valence-corrected chi connectivity index (χ2v) is 11.5. The van der Waals surface area contributed by atoms with Crippen LogP contribution < -0.4 is 4.90 Å². The van der Waals surface area contributed by atoms with Crippen LogP contribution in [0.3, 0.4) is 0 Å². The van der Waals surface area contributed by atoms with E-state index in [0.717, 1.165) is 56.3 Å². The van der Waals surface area contributed by atoms with Crippen molar-refractivity contribution in [3.05, 3.63) is 58.7 Å². The fraction of sp³-hybridized carbons (Fsp3) is 0.440. The molecule has 34 heavy (non-hydrogen) atoms. The lowest BCUT2D eigenvalue weighted by Crippen LogP contribution is -2.47. The summed E-state index contributed by atoms with van der Waals surface area (Å²) in [4.78, 5) is 28.6. The minimum absolute atomic E-state index is 0.226. The van der Waals surface area contributed by atoms with Crippen LogP contribution in [0.2, 0.25) is 0 Å². The Kier molecular flexibility index (Phi) is 5.64. The van der Waals surface area contributed by atoms with Crippen LogP contribution in [0.5, 0.6) is 0 Å². The van der Waals surface area contributed by atoms with Crippen LogP contribution in [-0.4, -0.2) is 63.4 Å². The Morgan fingerprint density at radius 1 is 1.03 bits per heavy atom. The van der Waals surface area contributed by atoms with E-state index < -0.39 is 15.4 Å². The molecule has 180 valence electrons. The average Bonchev–Trinajstić information content (AvgIpc) is 3.34. The predicted octanol–water partition coefficient (Wildman–Crippen LogP) is 3.10. The molecule has 0 radical (unpaired) electrons. The molecule has 2 aromatic carbocycles. The second-order valence-electron chi connectivity index (χ2n) is 9.45.